The number of rotatable bonds is 8. The molecule has 168 valence electrons. The normalized spacial score (nSPS) is 30.4. The number of aliphatic hydroxyl groups is 3. The molecule has 0 aliphatic carbocycles. The summed E-state index contributed by atoms with van der Waals surface area (Å²) in [4.78, 5) is 11.5. The standard InChI is InChI=1S/C23H29NO7/c1-24(2,22-19(27)17(25)18(26)21(31-22)23(28)29)13-14-30-20(15-9-5-3-6-10-15)16-11-7-4-8-12-16/h3-12,17-22,25-27H,13-14H2,1-2H3/t17-,18-,19+,21-,22+/m0/s1/i1D3,2D3. The van der Waals surface area contributed by atoms with Gasteiger partial charge in [-0.3, -0.25) is 4.48 Å². The Morgan fingerprint density at radius 1 is 1.03 bits per heavy atom. The Hall–Kier alpha value is -2.33. The Kier molecular flexibility index (Phi) is 5.19. The van der Waals surface area contributed by atoms with Gasteiger partial charge < -0.3 is 34.7 Å². The number of carboxylic acid groups (broad SMARTS) is 1. The second kappa shape index (κ2) is 9.86. The minimum Gasteiger partial charge on any atom is -0.547 e. The van der Waals surface area contributed by atoms with E-state index in [1.165, 1.54) is 0 Å². The highest BCUT2D eigenvalue weighted by Crippen LogP contribution is 2.28. The Bertz CT molecular complexity index is 984. The number of likely N-dealkylation sites (N-methyl/N-ethyl adjacent to an activating group) is 1. The summed E-state index contributed by atoms with van der Waals surface area (Å²) in [6, 6.07) is 17.8. The van der Waals surface area contributed by atoms with Crippen LogP contribution in [-0.4, -0.2) is 83.5 Å². The number of carbonyl (C=O) groups excluding carboxylic acids is 1. The number of quaternary nitrogens is 1. The zero-order valence-corrected chi connectivity index (χ0v) is 16.6. The summed E-state index contributed by atoms with van der Waals surface area (Å²) in [5.41, 5.74) is 1.41. The van der Waals surface area contributed by atoms with Crippen molar-refractivity contribution in [1.29, 1.82) is 0 Å². The quantitative estimate of drug-likeness (QED) is 0.473. The maximum atomic E-state index is 11.5. The monoisotopic (exact) mass is 437 g/mol. The van der Waals surface area contributed by atoms with E-state index in [1.54, 1.807) is 60.7 Å². The average molecular weight is 438 g/mol. The highest BCUT2D eigenvalue weighted by molar-refractivity contribution is 5.71. The van der Waals surface area contributed by atoms with Gasteiger partial charge in [-0.2, -0.15) is 0 Å². The molecule has 0 aromatic heterocycles. The van der Waals surface area contributed by atoms with Crippen LogP contribution in [-0.2, 0) is 14.3 Å². The number of hydrogen-bond acceptors (Lipinski definition) is 7. The molecule has 5 atom stereocenters. The molecule has 0 bridgehead atoms. The number of benzene rings is 2. The minimum atomic E-state index is -3.41. The van der Waals surface area contributed by atoms with Crippen LogP contribution >= 0.6 is 0 Å². The van der Waals surface area contributed by atoms with Crippen molar-refractivity contribution >= 4 is 5.97 Å². The molecule has 1 aliphatic heterocycles. The SMILES string of the molecule is [2H]C([2H])([2H])[N+](CCOC(c1ccccc1)c1ccccc1)([C@@H]1O[C@H](C(=O)[O-])[C@@H](O)[C@H](O)[C@H]1O)C([2H])([2H])[2H]. The van der Waals surface area contributed by atoms with Crippen LogP contribution in [0.25, 0.3) is 0 Å². The van der Waals surface area contributed by atoms with Crippen LogP contribution in [0.5, 0.6) is 0 Å². The number of carbonyl (C=O) groups is 1. The predicted molar refractivity (Wildman–Crippen MR) is 109 cm³/mol. The van der Waals surface area contributed by atoms with Crippen LogP contribution in [0.1, 0.15) is 25.5 Å². The molecule has 1 aliphatic rings. The van der Waals surface area contributed by atoms with Crippen molar-refractivity contribution < 1.29 is 47.4 Å². The Morgan fingerprint density at radius 2 is 1.58 bits per heavy atom. The van der Waals surface area contributed by atoms with Crippen molar-refractivity contribution in [3.8, 4) is 0 Å². The Balaban J connectivity index is 2.00. The van der Waals surface area contributed by atoms with Gasteiger partial charge >= 0.3 is 0 Å². The number of hydrogen-bond donors (Lipinski definition) is 3. The number of aliphatic carboxylic acids is 1. The molecule has 1 saturated heterocycles. The summed E-state index contributed by atoms with van der Waals surface area (Å²) in [5.74, 6) is -2.01. The molecule has 8 nitrogen and oxygen atoms in total. The second-order valence-corrected chi connectivity index (χ2v) is 7.40. The van der Waals surface area contributed by atoms with Gasteiger partial charge in [0.05, 0.1) is 34.8 Å². The van der Waals surface area contributed by atoms with Crippen molar-refractivity contribution in [3.63, 3.8) is 0 Å². The van der Waals surface area contributed by atoms with Gasteiger partial charge in [-0.25, -0.2) is 0 Å². The third kappa shape index (κ3) is 5.30. The van der Waals surface area contributed by atoms with E-state index >= 15 is 0 Å². The topological polar surface area (TPSA) is 119 Å². The molecule has 3 N–H and O–H groups in total. The molecule has 0 radical (unpaired) electrons. The van der Waals surface area contributed by atoms with Crippen LogP contribution in [0, 0.1) is 0 Å². The summed E-state index contributed by atoms with van der Waals surface area (Å²) in [6.07, 6.45) is -11.9. The molecule has 31 heavy (non-hydrogen) atoms. The summed E-state index contributed by atoms with van der Waals surface area (Å²) in [7, 11) is 0. The highest BCUT2D eigenvalue weighted by atomic mass is 16.6. The van der Waals surface area contributed by atoms with E-state index in [1.807, 2.05) is 0 Å². The highest BCUT2D eigenvalue weighted by Gasteiger charge is 2.50. The lowest BCUT2D eigenvalue weighted by Crippen LogP contribution is -2.69. The third-order valence-electron chi connectivity index (χ3n) is 5.19. The summed E-state index contributed by atoms with van der Waals surface area (Å²) >= 11 is 0. The first-order valence-corrected chi connectivity index (χ1v) is 9.72. The minimum absolute atomic E-state index is 0.480. The molecule has 1 heterocycles. The summed E-state index contributed by atoms with van der Waals surface area (Å²) in [6.45, 7) is -8.10. The molecular weight excluding hydrogens is 402 g/mol. The molecule has 3 rings (SSSR count). The fourth-order valence-electron chi connectivity index (χ4n) is 3.50. The summed E-state index contributed by atoms with van der Waals surface area (Å²) in [5, 5.41) is 42.4. The predicted octanol–water partition coefficient (Wildman–Crippen LogP) is -0.574. The first-order valence-electron chi connectivity index (χ1n) is 12.7. The van der Waals surface area contributed by atoms with Gasteiger partial charge in [0.15, 0.2) is 6.10 Å². The van der Waals surface area contributed by atoms with Crippen LogP contribution < -0.4 is 5.11 Å². The average Bonchev–Trinajstić information content (AvgIpc) is 2.83. The van der Waals surface area contributed by atoms with E-state index in [9.17, 15) is 25.2 Å². The molecule has 1 fully saturated rings. The van der Waals surface area contributed by atoms with Gasteiger partial charge in [-0.1, -0.05) is 60.7 Å². The molecule has 2 aromatic carbocycles. The van der Waals surface area contributed by atoms with Crippen molar-refractivity contribution in [3.05, 3.63) is 71.8 Å². The molecule has 0 unspecified atom stereocenters. The first kappa shape index (κ1) is 16.3. The maximum absolute atomic E-state index is 11.5. The van der Waals surface area contributed by atoms with Gasteiger partial charge in [0, 0.05) is 0 Å². The second-order valence-electron chi connectivity index (χ2n) is 7.40. The zero-order valence-electron chi connectivity index (χ0n) is 22.6. The molecule has 0 amide bonds. The maximum Gasteiger partial charge on any atom is 0.222 e. The number of nitrogens with zero attached hydrogens (tertiary/aromatic N) is 1. The number of ether oxygens (including phenoxy) is 2. The largest absolute Gasteiger partial charge is 0.547 e. The number of carboxylic acids is 1. The van der Waals surface area contributed by atoms with E-state index in [-0.39, 0.29) is 0 Å². The zero-order chi connectivity index (χ0) is 27.6. The third-order valence-corrected chi connectivity index (χ3v) is 5.19. The summed E-state index contributed by atoms with van der Waals surface area (Å²) < 4.78 is 57.9. The van der Waals surface area contributed by atoms with E-state index in [0.29, 0.717) is 11.1 Å². The van der Waals surface area contributed by atoms with Gasteiger partial charge in [0.1, 0.15) is 31.0 Å². The lowest BCUT2D eigenvalue weighted by molar-refractivity contribution is -0.945. The van der Waals surface area contributed by atoms with Crippen molar-refractivity contribution in [2.75, 3.05) is 27.1 Å². The van der Waals surface area contributed by atoms with E-state index < -0.39 is 74.3 Å². The molecule has 2 aromatic rings. The van der Waals surface area contributed by atoms with Crippen LogP contribution in [0.2, 0.25) is 0 Å². The van der Waals surface area contributed by atoms with Crippen molar-refractivity contribution in [2.45, 2.75) is 36.7 Å². The fourth-order valence-corrected chi connectivity index (χ4v) is 3.50. The van der Waals surface area contributed by atoms with E-state index in [2.05, 4.69) is 0 Å². The van der Waals surface area contributed by atoms with Crippen molar-refractivity contribution in [1.82, 2.24) is 0 Å². The van der Waals surface area contributed by atoms with Crippen molar-refractivity contribution in [2.24, 2.45) is 0 Å². The fraction of sp³-hybridized carbons (Fsp3) is 0.435. The van der Waals surface area contributed by atoms with E-state index in [0.717, 1.165) is 0 Å². The van der Waals surface area contributed by atoms with E-state index in [4.69, 9.17) is 17.7 Å². The Labute approximate surface area is 189 Å². The molecular formula is C23H29NO7. The van der Waals surface area contributed by atoms with Crippen LogP contribution in [0.15, 0.2) is 60.7 Å². The lowest BCUT2D eigenvalue weighted by Gasteiger charge is -2.47. The van der Waals surface area contributed by atoms with Gasteiger partial charge in [-0.15, -0.1) is 0 Å². The molecule has 8 heteroatoms. The number of aliphatic hydroxyl groups excluding tert-OH is 3. The lowest BCUT2D eigenvalue weighted by atomic mass is 9.97. The van der Waals surface area contributed by atoms with Crippen LogP contribution in [0.4, 0.5) is 0 Å². The van der Waals surface area contributed by atoms with Gasteiger partial charge in [0.2, 0.25) is 6.23 Å². The molecule has 0 spiro atoms. The Morgan fingerprint density at radius 3 is 2.06 bits per heavy atom. The van der Waals surface area contributed by atoms with Crippen LogP contribution in [0.3, 0.4) is 0 Å². The van der Waals surface area contributed by atoms with Gasteiger partial charge in [-0.05, 0) is 11.1 Å². The first-order chi connectivity index (χ1) is 17.2. The molecule has 0 saturated carbocycles. The van der Waals surface area contributed by atoms with Gasteiger partial charge in [0.25, 0.3) is 0 Å². The smallest absolute Gasteiger partial charge is 0.222 e.